The molecule has 1 aromatic rings. The zero-order valence-electron chi connectivity index (χ0n) is 10.5. The van der Waals surface area contributed by atoms with E-state index in [0.717, 1.165) is 23.6 Å². The van der Waals surface area contributed by atoms with Crippen LogP contribution in [0.25, 0.3) is 0 Å². The Hall–Kier alpha value is -1.14. The van der Waals surface area contributed by atoms with Crippen LogP contribution >= 0.6 is 11.8 Å². The van der Waals surface area contributed by atoms with Gasteiger partial charge in [0.25, 0.3) is 5.69 Å². The Morgan fingerprint density at radius 1 is 1.56 bits per heavy atom. The number of hydrogen-bond acceptors (Lipinski definition) is 5. The lowest BCUT2D eigenvalue weighted by Gasteiger charge is -2.15. The Morgan fingerprint density at radius 2 is 2.28 bits per heavy atom. The highest BCUT2D eigenvalue weighted by molar-refractivity contribution is 7.99. The average molecular weight is 267 g/mol. The highest BCUT2D eigenvalue weighted by atomic mass is 32.2. The molecule has 1 aliphatic rings. The van der Waals surface area contributed by atoms with Gasteiger partial charge in [-0.05, 0) is 31.9 Å². The number of aromatic nitrogens is 1. The fourth-order valence-corrected chi connectivity index (χ4v) is 3.67. The van der Waals surface area contributed by atoms with Crippen molar-refractivity contribution >= 4 is 17.4 Å². The van der Waals surface area contributed by atoms with E-state index < -0.39 is 0 Å². The van der Waals surface area contributed by atoms with E-state index in [1.807, 2.05) is 11.8 Å². The molecule has 1 fully saturated rings. The fourth-order valence-electron chi connectivity index (χ4n) is 2.33. The molecule has 0 radical (unpaired) electrons. The Balaban J connectivity index is 2.29. The molecular weight excluding hydrogens is 250 g/mol. The standard InChI is InChI=1S/C12H17N3O2S/c1-7-4-14-11(8(2)12(7)15(16)17)3-9-5-18-6-10(9)13/h4,9-10H,3,5-6,13H2,1-2H3. The second-order valence-electron chi connectivity index (χ2n) is 4.78. The predicted molar refractivity (Wildman–Crippen MR) is 72.9 cm³/mol. The van der Waals surface area contributed by atoms with Gasteiger partial charge in [-0.3, -0.25) is 15.1 Å². The van der Waals surface area contributed by atoms with E-state index in [1.54, 1.807) is 20.0 Å². The fraction of sp³-hybridized carbons (Fsp3) is 0.583. The maximum Gasteiger partial charge on any atom is 0.278 e. The number of nitro groups is 1. The highest BCUT2D eigenvalue weighted by Crippen LogP contribution is 2.29. The van der Waals surface area contributed by atoms with Crippen LogP contribution in [0.5, 0.6) is 0 Å². The van der Waals surface area contributed by atoms with Crippen LogP contribution in [0.3, 0.4) is 0 Å². The second-order valence-corrected chi connectivity index (χ2v) is 5.86. The molecule has 1 aliphatic heterocycles. The van der Waals surface area contributed by atoms with Crippen molar-refractivity contribution in [3.05, 3.63) is 33.1 Å². The topological polar surface area (TPSA) is 82.0 Å². The third-order valence-electron chi connectivity index (χ3n) is 3.46. The summed E-state index contributed by atoms with van der Waals surface area (Å²) < 4.78 is 0. The molecule has 6 heteroatoms. The zero-order valence-corrected chi connectivity index (χ0v) is 11.4. The number of hydrogen-bond donors (Lipinski definition) is 1. The van der Waals surface area contributed by atoms with Crippen molar-refractivity contribution in [2.75, 3.05) is 11.5 Å². The first kappa shape index (κ1) is 13.3. The molecule has 1 saturated heterocycles. The lowest BCUT2D eigenvalue weighted by Crippen LogP contribution is -2.30. The van der Waals surface area contributed by atoms with E-state index in [-0.39, 0.29) is 16.7 Å². The van der Waals surface area contributed by atoms with Gasteiger partial charge >= 0.3 is 0 Å². The summed E-state index contributed by atoms with van der Waals surface area (Å²) in [4.78, 5) is 15.1. The average Bonchev–Trinajstić information content (AvgIpc) is 2.68. The van der Waals surface area contributed by atoms with E-state index >= 15 is 0 Å². The first-order valence-corrected chi connectivity index (χ1v) is 7.09. The molecule has 2 rings (SSSR count). The molecule has 0 spiro atoms. The minimum Gasteiger partial charge on any atom is -0.327 e. The van der Waals surface area contributed by atoms with Gasteiger partial charge in [-0.15, -0.1) is 0 Å². The molecule has 5 nitrogen and oxygen atoms in total. The highest BCUT2D eigenvalue weighted by Gasteiger charge is 2.27. The molecule has 2 unspecified atom stereocenters. The summed E-state index contributed by atoms with van der Waals surface area (Å²) in [5.74, 6) is 2.37. The number of rotatable bonds is 3. The van der Waals surface area contributed by atoms with Crippen molar-refractivity contribution in [1.29, 1.82) is 0 Å². The van der Waals surface area contributed by atoms with Crippen molar-refractivity contribution in [2.24, 2.45) is 11.7 Å². The number of aryl methyl sites for hydroxylation is 1. The van der Waals surface area contributed by atoms with Gasteiger partial charge in [-0.1, -0.05) is 0 Å². The Morgan fingerprint density at radius 3 is 2.83 bits per heavy atom. The van der Waals surface area contributed by atoms with E-state index in [2.05, 4.69) is 4.98 Å². The van der Waals surface area contributed by atoms with E-state index in [4.69, 9.17) is 5.73 Å². The summed E-state index contributed by atoms with van der Waals surface area (Å²) in [6.07, 6.45) is 2.33. The predicted octanol–water partition coefficient (Wildman–Crippen LogP) is 1.84. The Bertz CT molecular complexity index is 479. The molecular formula is C12H17N3O2S. The molecule has 0 saturated carbocycles. The molecule has 2 N–H and O–H groups in total. The molecule has 0 aliphatic carbocycles. The van der Waals surface area contributed by atoms with E-state index in [9.17, 15) is 10.1 Å². The van der Waals surface area contributed by atoms with Crippen LogP contribution in [0.1, 0.15) is 16.8 Å². The SMILES string of the molecule is Cc1cnc(CC2CSCC2N)c(C)c1[N+](=O)[O-]. The number of thioether (sulfide) groups is 1. The first-order valence-electron chi connectivity index (χ1n) is 5.93. The van der Waals surface area contributed by atoms with Crippen molar-refractivity contribution < 1.29 is 4.92 Å². The summed E-state index contributed by atoms with van der Waals surface area (Å²) in [6, 6.07) is 0.177. The number of nitrogens with zero attached hydrogens (tertiary/aromatic N) is 2. The number of pyridine rings is 1. The van der Waals surface area contributed by atoms with Crippen molar-refractivity contribution in [2.45, 2.75) is 26.3 Å². The minimum atomic E-state index is -0.320. The quantitative estimate of drug-likeness (QED) is 0.667. The largest absolute Gasteiger partial charge is 0.327 e. The molecule has 1 aromatic heterocycles. The van der Waals surface area contributed by atoms with Crippen molar-refractivity contribution in [3.8, 4) is 0 Å². The third-order valence-corrected chi connectivity index (χ3v) is 4.75. The Kier molecular flexibility index (Phi) is 3.87. The van der Waals surface area contributed by atoms with Crippen LogP contribution in [0.4, 0.5) is 5.69 Å². The maximum atomic E-state index is 11.0. The van der Waals surface area contributed by atoms with Crippen LogP contribution in [0.15, 0.2) is 6.20 Å². The molecule has 18 heavy (non-hydrogen) atoms. The second kappa shape index (κ2) is 5.24. The maximum absolute atomic E-state index is 11.0. The lowest BCUT2D eigenvalue weighted by molar-refractivity contribution is -0.386. The van der Waals surface area contributed by atoms with Gasteiger partial charge in [0, 0.05) is 29.1 Å². The van der Waals surface area contributed by atoms with Gasteiger partial charge in [0.05, 0.1) is 10.6 Å². The van der Waals surface area contributed by atoms with Gasteiger partial charge in [0.1, 0.15) is 0 Å². The number of nitrogens with two attached hydrogens (primary N) is 1. The van der Waals surface area contributed by atoms with Crippen molar-refractivity contribution in [3.63, 3.8) is 0 Å². The van der Waals surface area contributed by atoms with E-state index in [1.165, 1.54) is 0 Å². The van der Waals surface area contributed by atoms with Gasteiger partial charge < -0.3 is 5.73 Å². The summed E-state index contributed by atoms with van der Waals surface area (Å²) >= 11 is 1.84. The Labute approximate surface area is 110 Å². The van der Waals surface area contributed by atoms with Gasteiger partial charge in [-0.25, -0.2) is 0 Å². The molecule has 0 amide bonds. The van der Waals surface area contributed by atoms with Crippen LogP contribution in [-0.2, 0) is 6.42 Å². The normalized spacial score (nSPS) is 23.3. The molecule has 0 bridgehead atoms. The summed E-state index contributed by atoms with van der Waals surface area (Å²) in [6.45, 7) is 3.50. The van der Waals surface area contributed by atoms with Gasteiger partial charge in [-0.2, -0.15) is 11.8 Å². The molecule has 0 aromatic carbocycles. The smallest absolute Gasteiger partial charge is 0.278 e. The lowest BCUT2D eigenvalue weighted by atomic mass is 9.95. The summed E-state index contributed by atoms with van der Waals surface area (Å²) in [5.41, 5.74) is 8.33. The van der Waals surface area contributed by atoms with Crippen LogP contribution < -0.4 is 5.73 Å². The van der Waals surface area contributed by atoms with Crippen LogP contribution in [0, 0.1) is 29.9 Å². The van der Waals surface area contributed by atoms with Gasteiger partial charge in [0.15, 0.2) is 0 Å². The van der Waals surface area contributed by atoms with Gasteiger partial charge in [0.2, 0.25) is 0 Å². The van der Waals surface area contributed by atoms with E-state index in [0.29, 0.717) is 17.0 Å². The van der Waals surface area contributed by atoms with Crippen molar-refractivity contribution in [1.82, 2.24) is 4.98 Å². The van der Waals surface area contributed by atoms with Crippen LogP contribution in [-0.4, -0.2) is 27.5 Å². The minimum absolute atomic E-state index is 0.177. The first-order chi connectivity index (χ1) is 8.50. The van der Waals surface area contributed by atoms with Crippen LogP contribution in [0.2, 0.25) is 0 Å². The zero-order chi connectivity index (χ0) is 13.3. The molecule has 2 heterocycles. The summed E-state index contributed by atoms with van der Waals surface area (Å²) in [5, 5.41) is 11.0. The molecule has 2 atom stereocenters. The third kappa shape index (κ3) is 2.49. The monoisotopic (exact) mass is 267 g/mol. The summed E-state index contributed by atoms with van der Waals surface area (Å²) in [7, 11) is 0. The molecule has 98 valence electrons.